The number of aliphatic hydroxyl groups excluding tert-OH is 1. The van der Waals surface area contributed by atoms with Crippen LogP contribution in [0.1, 0.15) is 18.7 Å². The van der Waals surface area contributed by atoms with Gasteiger partial charge < -0.3 is 5.11 Å². The van der Waals surface area contributed by atoms with Crippen molar-refractivity contribution < 1.29 is 5.11 Å². The van der Waals surface area contributed by atoms with Crippen LogP contribution in [0.25, 0.3) is 11.0 Å². The molecule has 1 aromatic carbocycles. The van der Waals surface area contributed by atoms with Crippen LogP contribution >= 0.6 is 11.6 Å². The Morgan fingerprint density at radius 2 is 1.79 bits per heavy atom. The van der Waals surface area contributed by atoms with Crippen LogP contribution < -0.4 is 0 Å². The Morgan fingerprint density at radius 1 is 1.21 bits per heavy atom. The van der Waals surface area contributed by atoms with Gasteiger partial charge in [-0.15, -0.1) is 0 Å². The lowest BCUT2D eigenvalue weighted by molar-refractivity contribution is 0.194. The Morgan fingerprint density at radius 3 is 2.36 bits per heavy atom. The maximum absolute atomic E-state index is 9.38. The molecule has 0 fully saturated rings. The van der Waals surface area contributed by atoms with E-state index >= 15 is 0 Å². The molecule has 0 saturated heterocycles. The third kappa shape index (κ3) is 1.56. The first-order valence-corrected chi connectivity index (χ1v) is 4.66. The van der Waals surface area contributed by atoms with Gasteiger partial charge in [0.1, 0.15) is 5.69 Å². The minimum atomic E-state index is -0.695. The first-order chi connectivity index (χ1) is 6.68. The van der Waals surface area contributed by atoms with Crippen LogP contribution in [-0.2, 0) is 0 Å². The molecule has 0 spiro atoms. The zero-order chi connectivity index (χ0) is 10.1. The van der Waals surface area contributed by atoms with Crippen molar-refractivity contribution in [2.45, 2.75) is 13.0 Å². The largest absolute Gasteiger partial charge is 0.387 e. The lowest BCUT2D eigenvalue weighted by Crippen LogP contribution is -1.99. The average molecular weight is 209 g/mol. The van der Waals surface area contributed by atoms with Crippen LogP contribution in [0, 0.1) is 0 Å². The van der Waals surface area contributed by atoms with Gasteiger partial charge in [0.2, 0.25) is 0 Å². The lowest BCUT2D eigenvalue weighted by atomic mass is 10.2. The standard InChI is InChI=1S/C10H9ClN2O/c1-6(14)9-10(11)13-8-5-3-2-4-7(8)12-9/h2-6,14H,1H3. The fourth-order valence-electron chi connectivity index (χ4n) is 1.26. The van der Waals surface area contributed by atoms with Gasteiger partial charge in [0.25, 0.3) is 0 Å². The van der Waals surface area contributed by atoms with Crippen molar-refractivity contribution in [1.82, 2.24) is 9.97 Å². The SMILES string of the molecule is CC(O)c1nc2ccccc2nc1Cl. The van der Waals surface area contributed by atoms with Crippen LogP contribution in [-0.4, -0.2) is 15.1 Å². The summed E-state index contributed by atoms with van der Waals surface area (Å²) in [6, 6.07) is 7.41. The van der Waals surface area contributed by atoms with Crippen molar-refractivity contribution in [3.63, 3.8) is 0 Å². The van der Waals surface area contributed by atoms with Crippen molar-refractivity contribution in [2.75, 3.05) is 0 Å². The smallest absolute Gasteiger partial charge is 0.153 e. The van der Waals surface area contributed by atoms with Crippen molar-refractivity contribution >= 4 is 22.6 Å². The molecular weight excluding hydrogens is 200 g/mol. The fraction of sp³-hybridized carbons (Fsp3) is 0.200. The predicted octanol–water partition coefficient (Wildman–Crippen LogP) is 2.34. The van der Waals surface area contributed by atoms with Crippen LogP contribution in [0.5, 0.6) is 0 Å². The molecule has 2 aromatic rings. The first-order valence-electron chi connectivity index (χ1n) is 4.28. The van der Waals surface area contributed by atoms with Crippen LogP contribution in [0.3, 0.4) is 0 Å². The van der Waals surface area contributed by atoms with E-state index in [4.69, 9.17) is 11.6 Å². The Labute approximate surface area is 86.4 Å². The topological polar surface area (TPSA) is 46.0 Å². The highest BCUT2D eigenvalue weighted by molar-refractivity contribution is 6.30. The Hall–Kier alpha value is -1.19. The van der Waals surface area contributed by atoms with E-state index in [9.17, 15) is 5.11 Å². The molecular formula is C10H9ClN2O. The fourth-order valence-corrected chi connectivity index (χ4v) is 1.55. The molecule has 0 bridgehead atoms. The number of aliphatic hydroxyl groups is 1. The highest BCUT2D eigenvalue weighted by atomic mass is 35.5. The summed E-state index contributed by atoms with van der Waals surface area (Å²) in [7, 11) is 0. The Bertz CT molecular complexity index is 471. The van der Waals surface area contributed by atoms with E-state index in [0.717, 1.165) is 11.0 Å². The highest BCUT2D eigenvalue weighted by Gasteiger charge is 2.10. The molecule has 1 aromatic heterocycles. The molecule has 3 nitrogen and oxygen atoms in total. The normalized spacial score (nSPS) is 13.1. The molecule has 14 heavy (non-hydrogen) atoms. The van der Waals surface area contributed by atoms with Gasteiger partial charge in [-0.3, -0.25) is 0 Å². The molecule has 0 radical (unpaired) electrons. The van der Waals surface area contributed by atoms with Gasteiger partial charge in [-0.05, 0) is 19.1 Å². The van der Waals surface area contributed by atoms with Gasteiger partial charge in [0.15, 0.2) is 5.15 Å². The van der Waals surface area contributed by atoms with Gasteiger partial charge in [0, 0.05) is 0 Å². The van der Waals surface area contributed by atoms with Gasteiger partial charge in [0.05, 0.1) is 17.1 Å². The minimum Gasteiger partial charge on any atom is -0.387 e. The van der Waals surface area contributed by atoms with E-state index in [1.54, 1.807) is 6.92 Å². The zero-order valence-electron chi connectivity index (χ0n) is 7.61. The molecule has 2 rings (SSSR count). The summed E-state index contributed by atoms with van der Waals surface area (Å²) in [6.45, 7) is 1.62. The lowest BCUT2D eigenvalue weighted by Gasteiger charge is -2.06. The molecule has 1 heterocycles. The number of hydrogen-bond acceptors (Lipinski definition) is 3. The number of nitrogens with zero attached hydrogens (tertiary/aromatic N) is 2. The third-order valence-corrected chi connectivity index (χ3v) is 2.23. The van der Waals surface area contributed by atoms with Crippen LogP contribution in [0.15, 0.2) is 24.3 Å². The molecule has 72 valence electrons. The van der Waals surface area contributed by atoms with E-state index in [-0.39, 0.29) is 5.15 Å². The summed E-state index contributed by atoms with van der Waals surface area (Å²) in [4.78, 5) is 8.37. The number of fused-ring (bicyclic) bond motifs is 1. The second-order valence-corrected chi connectivity index (χ2v) is 3.42. The van der Waals surface area contributed by atoms with Crippen LogP contribution in [0.4, 0.5) is 0 Å². The molecule has 1 N–H and O–H groups in total. The second-order valence-electron chi connectivity index (χ2n) is 3.06. The first kappa shape index (κ1) is 9.37. The van der Waals surface area contributed by atoms with Crippen molar-refractivity contribution in [1.29, 1.82) is 0 Å². The average Bonchev–Trinajstić information content (AvgIpc) is 2.16. The maximum Gasteiger partial charge on any atom is 0.153 e. The summed E-state index contributed by atoms with van der Waals surface area (Å²) in [5.41, 5.74) is 1.90. The number of hydrogen-bond donors (Lipinski definition) is 1. The quantitative estimate of drug-likeness (QED) is 0.783. The van der Waals surface area contributed by atoms with E-state index in [1.807, 2.05) is 24.3 Å². The summed E-state index contributed by atoms with van der Waals surface area (Å²) in [5, 5.41) is 9.64. The second kappa shape index (κ2) is 3.52. The summed E-state index contributed by atoms with van der Waals surface area (Å²) < 4.78 is 0. The molecule has 0 saturated carbocycles. The van der Waals surface area contributed by atoms with Gasteiger partial charge in [-0.1, -0.05) is 23.7 Å². The monoisotopic (exact) mass is 208 g/mol. The molecule has 0 aliphatic carbocycles. The minimum absolute atomic E-state index is 0.263. The van der Waals surface area contributed by atoms with E-state index in [1.165, 1.54) is 0 Å². The highest BCUT2D eigenvalue weighted by Crippen LogP contribution is 2.21. The van der Waals surface area contributed by atoms with E-state index in [2.05, 4.69) is 9.97 Å². The van der Waals surface area contributed by atoms with E-state index < -0.39 is 6.10 Å². The van der Waals surface area contributed by atoms with Crippen molar-refractivity contribution in [2.24, 2.45) is 0 Å². The van der Waals surface area contributed by atoms with Gasteiger partial charge in [-0.2, -0.15) is 0 Å². The Balaban J connectivity index is 2.71. The van der Waals surface area contributed by atoms with Gasteiger partial charge >= 0.3 is 0 Å². The molecule has 0 amide bonds. The summed E-state index contributed by atoms with van der Waals surface area (Å²) in [5.74, 6) is 0. The number of rotatable bonds is 1. The molecule has 0 aliphatic heterocycles. The molecule has 1 atom stereocenters. The predicted molar refractivity (Wildman–Crippen MR) is 55.2 cm³/mol. The van der Waals surface area contributed by atoms with Crippen molar-refractivity contribution in [3.05, 3.63) is 35.1 Å². The van der Waals surface area contributed by atoms with Crippen molar-refractivity contribution in [3.8, 4) is 0 Å². The summed E-state index contributed by atoms with van der Waals surface area (Å²) in [6.07, 6.45) is -0.695. The zero-order valence-corrected chi connectivity index (χ0v) is 8.36. The van der Waals surface area contributed by atoms with Gasteiger partial charge in [-0.25, -0.2) is 9.97 Å². The molecule has 1 unspecified atom stereocenters. The van der Waals surface area contributed by atoms with E-state index in [0.29, 0.717) is 5.69 Å². The van der Waals surface area contributed by atoms with Crippen LogP contribution in [0.2, 0.25) is 5.15 Å². The number of para-hydroxylation sites is 2. The number of halogens is 1. The number of aromatic nitrogens is 2. The molecule has 4 heteroatoms. The molecule has 0 aliphatic rings. The number of benzene rings is 1. The third-order valence-electron chi connectivity index (χ3n) is 1.95. The summed E-state index contributed by atoms with van der Waals surface area (Å²) >= 11 is 5.86. The Kier molecular flexibility index (Phi) is 2.35. The maximum atomic E-state index is 9.38.